The first-order valence-electron chi connectivity index (χ1n) is 18.8. The molecule has 0 bridgehead atoms. The number of pyridine rings is 2. The highest BCUT2D eigenvalue weighted by Crippen LogP contribution is 2.34. The van der Waals surface area contributed by atoms with E-state index in [2.05, 4.69) is 59.6 Å². The molecule has 0 amide bonds. The molecule has 2 heterocycles. The Bertz CT molecular complexity index is 2340. The molecule has 2 aromatic heterocycles. The van der Waals surface area contributed by atoms with Crippen molar-refractivity contribution in [3.63, 3.8) is 0 Å². The van der Waals surface area contributed by atoms with Crippen molar-refractivity contribution in [1.82, 2.24) is 9.97 Å². The van der Waals surface area contributed by atoms with E-state index in [9.17, 15) is 0 Å². The van der Waals surface area contributed by atoms with Gasteiger partial charge in [-0.15, -0.1) is 0 Å². The zero-order chi connectivity index (χ0) is 38.0. The number of hydrogen-bond acceptors (Lipinski definition) is 4. The fourth-order valence-corrected chi connectivity index (χ4v) is 7.27. The van der Waals surface area contributed by atoms with Crippen molar-refractivity contribution in [3.8, 4) is 57.4 Å². The molecule has 1 fully saturated rings. The highest BCUT2D eigenvalue weighted by Gasteiger charge is 2.26. The molecule has 4 nitrogen and oxygen atoms in total. The molecule has 6 aromatic rings. The number of nitrogens with zero attached hydrogens (tertiary/aromatic N) is 2. The van der Waals surface area contributed by atoms with Crippen LogP contribution in [0, 0.1) is 49.4 Å². The summed E-state index contributed by atoms with van der Waals surface area (Å²) in [5, 5.41) is 1.43. The number of benzene rings is 4. The van der Waals surface area contributed by atoms with Gasteiger partial charge in [0, 0.05) is 44.7 Å². The van der Waals surface area contributed by atoms with Crippen LogP contribution in [-0.4, -0.2) is 23.2 Å². The Labute approximate surface area is 334 Å². The van der Waals surface area contributed by atoms with Gasteiger partial charge < -0.3 is 9.47 Å². The van der Waals surface area contributed by atoms with Gasteiger partial charge in [-0.25, -0.2) is 9.97 Å². The molecule has 0 spiro atoms. The molecule has 1 aliphatic rings. The fourth-order valence-electron chi connectivity index (χ4n) is 7.01. The monoisotopic (exact) mass is 760 g/mol. The first kappa shape index (κ1) is 37.8. The molecule has 1 aliphatic carbocycles. The molecule has 4 aromatic carbocycles. The van der Waals surface area contributed by atoms with E-state index in [1.165, 1.54) is 25.7 Å². The van der Waals surface area contributed by atoms with Crippen LogP contribution in [0.15, 0.2) is 122 Å². The summed E-state index contributed by atoms with van der Waals surface area (Å²) in [5.74, 6) is 15.8. The van der Waals surface area contributed by atoms with Crippen LogP contribution < -0.4 is 9.47 Å². The van der Waals surface area contributed by atoms with Crippen LogP contribution in [0.1, 0.15) is 65.7 Å². The molecule has 1 saturated carbocycles. The molecule has 274 valence electrons. The van der Waals surface area contributed by atoms with E-state index >= 15 is 0 Å². The maximum Gasteiger partial charge on any atom is 0.122 e. The second-order valence-electron chi connectivity index (χ2n) is 14.1. The molecule has 0 radical (unpaired) electrons. The third-order valence-electron chi connectivity index (χ3n) is 10.2. The third kappa shape index (κ3) is 10.4. The predicted molar refractivity (Wildman–Crippen MR) is 225 cm³/mol. The molecular formula is C49H42Cl2N2O2. The SMILES string of the molecule is Cc1cc(C#Cc2ccc(-c3ccc(Cl)cc3)cn2)ccc1OCCC(COc1ccc(C#Cc2ccc(-c3ccc(Cl)cc3)cn2)cc1C)C1CCCC1. The third-order valence-corrected chi connectivity index (χ3v) is 10.7. The van der Waals surface area contributed by atoms with Crippen molar-refractivity contribution in [3.05, 3.63) is 165 Å². The van der Waals surface area contributed by atoms with E-state index in [-0.39, 0.29) is 0 Å². The lowest BCUT2D eigenvalue weighted by atomic mass is 9.89. The fraction of sp³-hybridized carbons (Fsp3) is 0.224. The Balaban J connectivity index is 0.917. The van der Waals surface area contributed by atoms with Crippen molar-refractivity contribution in [2.24, 2.45) is 11.8 Å². The summed E-state index contributed by atoms with van der Waals surface area (Å²) in [6, 6.07) is 35.7. The second-order valence-corrected chi connectivity index (χ2v) is 15.0. The minimum atomic E-state index is 0.423. The van der Waals surface area contributed by atoms with E-state index < -0.39 is 0 Å². The standard InChI is InChI=1S/C49H42Cl2N2O2/c1-34-29-36(7-21-46-23-15-41(31-52-46)39-11-17-44(50)18-12-39)9-25-48(34)54-28-27-43(38-5-3-4-6-38)33-55-49-26-10-37(30-35(49)2)8-22-47-24-16-42(32-53-47)40-13-19-45(51)20-14-40/h9-20,23-26,29-32,38,43H,3-6,27-28,33H2,1-2H3. The molecule has 55 heavy (non-hydrogen) atoms. The van der Waals surface area contributed by atoms with Gasteiger partial charge in [-0.05, 0) is 139 Å². The molecule has 0 saturated heterocycles. The highest BCUT2D eigenvalue weighted by atomic mass is 35.5. The van der Waals surface area contributed by atoms with E-state index in [4.69, 9.17) is 32.7 Å². The Kier molecular flexibility index (Phi) is 12.5. The van der Waals surface area contributed by atoms with Crippen LogP contribution in [0.5, 0.6) is 11.5 Å². The molecule has 0 aliphatic heterocycles. The summed E-state index contributed by atoms with van der Waals surface area (Å²) in [6.07, 6.45) is 9.71. The summed E-state index contributed by atoms with van der Waals surface area (Å²) in [6.45, 7) is 5.47. The van der Waals surface area contributed by atoms with Gasteiger partial charge >= 0.3 is 0 Å². The van der Waals surface area contributed by atoms with E-state index in [0.29, 0.717) is 35.1 Å². The molecule has 1 unspecified atom stereocenters. The number of hydrogen-bond donors (Lipinski definition) is 0. The van der Waals surface area contributed by atoms with Crippen molar-refractivity contribution in [2.45, 2.75) is 46.0 Å². The average Bonchev–Trinajstić information content (AvgIpc) is 3.75. The first-order chi connectivity index (χ1) is 26.9. The van der Waals surface area contributed by atoms with Gasteiger partial charge in [-0.1, -0.05) is 97.1 Å². The van der Waals surface area contributed by atoms with Gasteiger partial charge in [-0.3, -0.25) is 0 Å². The van der Waals surface area contributed by atoms with Gasteiger partial charge in [0.1, 0.15) is 22.9 Å². The number of halogens is 2. The lowest BCUT2D eigenvalue weighted by molar-refractivity contribution is 0.159. The van der Waals surface area contributed by atoms with Gasteiger partial charge in [0.05, 0.1) is 13.2 Å². The zero-order valence-corrected chi connectivity index (χ0v) is 32.6. The van der Waals surface area contributed by atoms with Crippen LogP contribution in [-0.2, 0) is 0 Å². The topological polar surface area (TPSA) is 44.2 Å². The summed E-state index contributed by atoms with van der Waals surface area (Å²) < 4.78 is 12.8. The second kappa shape index (κ2) is 18.2. The van der Waals surface area contributed by atoms with Crippen LogP contribution in [0.25, 0.3) is 22.3 Å². The van der Waals surface area contributed by atoms with Crippen LogP contribution >= 0.6 is 23.2 Å². The summed E-state index contributed by atoms with van der Waals surface area (Å²) in [4.78, 5) is 9.09. The minimum absolute atomic E-state index is 0.423. The Hall–Kier alpha value is -5.52. The number of ether oxygens (including phenoxy) is 2. The minimum Gasteiger partial charge on any atom is -0.493 e. The quantitative estimate of drug-likeness (QED) is 0.130. The van der Waals surface area contributed by atoms with Crippen molar-refractivity contribution in [2.75, 3.05) is 13.2 Å². The lowest BCUT2D eigenvalue weighted by Crippen LogP contribution is -2.22. The number of aryl methyl sites for hydroxylation is 2. The van der Waals surface area contributed by atoms with Gasteiger partial charge in [0.15, 0.2) is 0 Å². The number of rotatable bonds is 10. The Morgan fingerprint density at radius 2 is 1.05 bits per heavy atom. The average molecular weight is 762 g/mol. The summed E-state index contributed by atoms with van der Waals surface area (Å²) >= 11 is 12.1. The molecule has 7 rings (SSSR count). The van der Waals surface area contributed by atoms with Crippen LogP contribution in [0.4, 0.5) is 0 Å². The Morgan fingerprint density at radius 1 is 0.582 bits per heavy atom. The number of aromatic nitrogens is 2. The van der Waals surface area contributed by atoms with Crippen molar-refractivity contribution < 1.29 is 9.47 Å². The lowest BCUT2D eigenvalue weighted by Gasteiger charge is -2.24. The van der Waals surface area contributed by atoms with Crippen LogP contribution in [0.2, 0.25) is 10.0 Å². The highest BCUT2D eigenvalue weighted by molar-refractivity contribution is 6.30. The predicted octanol–water partition coefficient (Wildman–Crippen LogP) is 12.2. The van der Waals surface area contributed by atoms with E-state index in [0.717, 1.165) is 73.8 Å². The molecule has 6 heteroatoms. The van der Waals surface area contributed by atoms with Crippen molar-refractivity contribution >= 4 is 23.2 Å². The van der Waals surface area contributed by atoms with Gasteiger partial charge in [0.25, 0.3) is 0 Å². The van der Waals surface area contributed by atoms with E-state index in [1.807, 2.05) is 109 Å². The smallest absolute Gasteiger partial charge is 0.122 e. The van der Waals surface area contributed by atoms with Crippen LogP contribution in [0.3, 0.4) is 0 Å². The summed E-state index contributed by atoms with van der Waals surface area (Å²) in [7, 11) is 0. The largest absolute Gasteiger partial charge is 0.493 e. The summed E-state index contributed by atoms with van der Waals surface area (Å²) in [5.41, 5.74) is 9.64. The van der Waals surface area contributed by atoms with Crippen molar-refractivity contribution in [1.29, 1.82) is 0 Å². The molecule has 1 atom stereocenters. The molecule has 0 N–H and O–H groups in total. The molecular weight excluding hydrogens is 719 g/mol. The Morgan fingerprint density at radius 3 is 1.51 bits per heavy atom. The van der Waals surface area contributed by atoms with Gasteiger partial charge in [-0.2, -0.15) is 0 Å². The maximum atomic E-state index is 6.48. The normalized spacial score (nSPS) is 12.9. The van der Waals surface area contributed by atoms with Gasteiger partial charge in [0.2, 0.25) is 0 Å². The maximum absolute atomic E-state index is 6.48. The zero-order valence-electron chi connectivity index (χ0n) is 31.1. The first-order valence-corrected chi connectivity index (χ1v) is 19.6. The van der Waals surface area contributed by atoms with E-state index in [1.54, 1.807) is 0 Å².